The molecule has 2 N–H and O–H groups in total. The third-order valence-corrected chi connectivity index (χ3v) is 6.26. The van der Waals surface area contributed by atoms with Crippen molar-refractivity contribution in [2.75, 3.05) is 5.75 Å². The molecule has 1 heterocycles. The number of nitrogens with one attached hydrogen (secondary N) is 2. The highest BCUT2D eigenvalue weighted by atomic mass is 32.2. The first-order valence-corrected chi connectivity index (χ1v) is 11.0. The Morgan fingerprint density at radius 2 is 1.94 bits per heavy atom. The molecule has 0 radical (unpaired) electrons. The number of rotatable bonds is 9. The molecule has 3 rings (SSSR count). The van der Waals surface area contributed by atoms with Gasteiger partial charge in [-0.3, -0.25) is 10.1 Å². The van der Waals surface area contributed by atoms with Crippen molar-refractivity contribution in [1.29, 1.82) is 5.26 Å². The maximum Gasteiger partial charge on any atom is 0.407 e. The van der Waals surface area contributed by atoms with E-state index in [1.165, 1.54) is 0 Å². The number of carbonyl (C=O) groups excluding carboxylic acids is 1. The number of carbonyl (C=O) groups is 1. The quantitative estimate of drug-likeness (QED) is 0.521. The molecule has 0 bridgehead atoms. The first-order valence-electron chi connectivity index (χ1n) is 9.20. The first-order chi connectivity index (χ1) is 14.9. The molecule has 1 aliphatic rings. The molecular formula is C18H17F4N5O4S. The Hall–Kier alpha value is -3.05. The second-order valence-corrected chi connectivity index (χ2v) is 9.44. The summed E-state index contributed by atoms with van der Waals surface area (Å²) in [6, 6.07) is 0.874. The van der Waals surface area contributed by atoms with Crippen LogP contribution in [0.4, 0.5) is 17.6 Å². The number of hydrogen-bond donors (Lipinski definition) is 2. The highest BCUT2D eigenvalue weighted by molar-refractivity contribution is 7.90. The van der Waals surface area contributed by atoms with Crippen LogP contribution >= 0.6 is 0 Å². The molecule has 32 heavy (non-hydrogen) atoms. The van der Waals surface area contributed by atoms with Crippen LogP contribution in [0.5, 0.6) is 0 Å². The van der Waals surface area contributed by atoms with Gasteiger partial charge in [0.05, 0.1) is 11.8 Å². The monoisotopic (exact) mass is 475 g/mol. The van der Waals surface area contributed by atoms with Crippen LogP contribution in [0.25, 0.3) is 0 Å². The summed E-state index contributed by atoms with van der Waals surface area (Å²) < 4.78 is 84.0. The first kappa shape index (κ1) is 23.6. The van der Waals surface area contributed by atoms with Crippen molar-refractivity contribution in [3.05, 3.63) is 47.9 Å². The summed E-state index contributed by atoms with van der Waals surface area (Å²) in [4.78, 5) is 16.3. The third-order valence-electron chi connectivity index (χ3n) is 4.72. The van der Waals surface area contributed by atoms with E-state index in [1.807, 2.05) is 11.4 Å². The van der Waals surface area contributed by atoms with Gasteiger partial charge < -0.3 is 9.84 Å². The molecule has 1 aromatic carbocycles. The molecule has 0 aliphatic heterocycles. The zero-order chi connectivity index (χ0) is 23.6. The van der Waals surface area contributed by atoms with Crippen molar-refractivity contribution < 1.29 is 35.3 Å². The molecule has 2 aromatic rings. The molecule has 1 saturated carbocycles. The van der Waals surface area contributed by atoms with Crippen molar-refractivity contribution in [2.45, 2.75) is 42.4 Å². The SMILES string of the molecule is N#CC1(NC(=O)[C@H](CS(=O)(=O)Cc2ncon2)N[C@@H](c2ccc(F)cc2)C(F)(F)F)CC1. The van der Waals surface area contributed by atoms with E-state index < -0.39 is 62.4 Å². The second kappa shape index (κ2) is 8.83. The topological polar surface area (TPSA) is 138 Å². The third kappa shape index (κ3) is 6.01. The predicted octanol–water partition coefficient (Wildman–Crippen LogP) is 1.56. The van der Waals surface area contributed by atoms with E-state index in [9.17, 15) is 30.8 Å². The van der Waals surface area contributed by atoms with Crippen LogP contribution in [0.2, 0.25) is 0 Å². The van der Waals surface area contributed by atoms with E-state index in [0.717, 1.165) is 30.7 Å². The minimum absolute atomic E-state index is 0.231. The summed E-state index contributed by atoms with van der Waals surface area (Å²) in [6.45, 7) is 0. The van der Waals surface area contributed by atoms with Gasteiger partial charge in [0.1, 0.15) is 29.2 Å². The van der Waals surface area contributed by atoms with E-state index in [4.69, 9.17) is 5.26 Å². The van der Waals surface area contributed by atoms with Crippen molar-refractivity contribution in [2.24, 2.45) is 0 Å². The van der Waals surface area contributed by atoms with Crippen LogP contribution in [-0.4, -0.2) is 48.0 Å². The lowest BCUT2D eigenvalue weighted by Crippen LogP contribution is -2.54. The van der Waals surface area contributed by atoms with Gasteiger partial charge in [0, 0.05) is 0 Å². The molecule has 14 heteroatoms. The van der Waals surface area contributed by atoms with E-state index in [2.05, 4.69) is 20.0 Å². The van der Waals surface area contributed by atoms with Crippen LogP contribution in [0.3, 0.4) is 0 Å². The van der Waals surface area contributed by atoms with Crippen molar-refractivity contribution in [3.8, 4) is 6.07 Å². The normalized spacial score (nSPS) is 17.2. The molecule has 0 saturated heterocycles. The molecule has 1 amide bonds. The minimum Gasteiger partial charge on any atom is -0.343 e. The van der Waals surface area contributed by atoms with Crippen LogP contribution in [0.15, 0.2) is 35.2 Å². The smallest absolute Gasteiger partial charge is 0.343 e. The molecule has 1 aromatic heterocycles. The van der Waals surface area contributed by atoms with E-state index >= 15 is 0 Å². The Kier molecular flexibility index (Phi) is 6.51. The van der Waals surface area contributed by atoms with E-state index in [1.54, 1.807) is 0 Å². The zero-order valence-corrected chi connectivity index (χ0v) is 17.1. The van der Waals surface area contributed by atoms with Crippen LogP contribution in [0, 0.1) is 17.1 Å². The van der Waals surface area contributed by atoms with Gasteiger partial charge in [-0.15, -0.1) is 0 Å². The van der Waals surface area contributed by atoms with Crippen molar-refractivity contribution in [3.63, 3.8) is 0 Å². The molecule has 0 spiro atoms. The standard InChI is InChI=1S/C18H17F4N5O4S/c19-12-3-1-11(2-4-12)15(18(20,21)22)25-13(16(28)26-17(9-23)5-6-17)7-32(29,30)8-14-24-10-31-27-14/h1-4,10,13,15,25H,5-8H2,(H,26,28)/t13-,15-/m0/s1. The number of hydrogen-bond acceptors (Lipinski definition) is 8. The average Bonchev–Trinajstić information content (AvgIpc) is 3.29. The highest BCUT2D eigenvalue weighted by Crippen LogP contribution is 2.35. The van der Waals surface area contributed by atoms with Gasteiger partial charge in [-0.1, -0.05) is 17.3 Å². The Bertz CT molecular complexity index is 1090. The Labute approximate surface area is 179 Å². The lowest BCUT2D eigenvalue weighted by Gasteiger charge is -2.28. The average molecular weight is 475 g/mol. The fraction of sp³-hybridized carbons (Fsp3) is 0.444. The maximum atomic E-state index is 13.8. The van der Waals surface area contributed by atoms with Gasteiger partial charge in [0.15, 0.2) is 15.7 Å². The van der Waals surface area contributed by atoms with Gasteiger partial charge in [-0.2, -0.15) is 23.4 Å². The summed E-state index contributed by atoms with van der Waals surface area (Å²) in [5.74, 6) is -3.90. The van der Waals surface area contributed by atoms with Crippen LogP contribution in [-0.2, 0) is 20.4 Å². The summed E-state index contributed by atoms with van der Waals surface area (Å²) in [6.07, 6.45) is -3.48. The van der Waals surface area contributed by atoms with Gasteiger partial charge in [-0.05, 0) is 30.5 Å². The number of aromatic nitrogens is 2. The Morgan fingerprint density at radius 1 is 1.28 bits per heavy atom. The van der Waals surface area contributed by atoms with E-state index in [0.29, 0.717) is 0 Å². The van der Waals surface area contributed by atoms with E-state index in [-0.39, 0.29) is 18.7 Å². The van der Waals surface area contributed by atoms with Gasteiger partial charge in [-0.25, -0.2) is 12.8 Å². The van der Waals surface area contributed by atoms with Crippen molar-refractivity contribution in [1.82, 2.24) is 20.8 Å². The largest absolute Gasteiger partial charge is 0.407 e. The number of nitrogens with zero attached hydrogens (tertiary/aromatic N) is 3. The zero-order valence-electron chi connectivity index (χ0n) is 16.3. The predicted molar refractivity (Wildman–Crippen MR) is 99.6 cm³/mol. The molecule has 172 valence electrons. The summed E-state index contributed by atoms with van der Waals surface area (Å²) in [5, 5.41) is 16.8. The molecule has 9 nitrogen and oxygen atoms in total. The van der Waals surface area contributed by atoms with Crippen molar-refractivity contribution >= 4 is 15.7 Å². The second-order valence-electron chi connectivity index (χ2n) is 7.33. The molecule has 2 atom stereocenters. The Morgan fingerprint density at radius 3 is 2.44 bits per heavy atom. The number of alkyl halides is 3. The van der Waals surface area contributed by atoms with Gasteiger partial charge in [0.2, 0.25) is 12.3 Å². The lowest BCUT2D eigenvalue weighted by atomic mass is 10.0. The lowest BCUT2D eigenvalue weighted by molar-refractivity contribution is -0.160. The number of nitriles is 1. The highest BCUT2D eigenvalue weighted by Gasteiger charge is 2.48. The minimum atomic E-state index is -4.94. The van der Waals surface area contributed by atoms with Gasteiger partial charge in [0.25, 0.3) is 0 Å². The van der Waals surface area contributed by atoms with Crippen LogP contribution < -0.4 is 10.6 Å². The molecule has 1 fully saturated rings. The molecule has 0 unspecified atom stereocenters. The summed E-state index contributed by atoms with van der Waals surface area (Å²) in [5.41, 5.74) is -1.66. The fourth-order valence-electron chi connectivity index (χ4n) is 2.91. The van der Waals surface area contributed by atoms with Crippen LogP contribution in [0.1, 0.15) is 30.3 Å². The molecule has 1 aliphatic carbocycles. The van der Waals surface area contributed by atoms with Gasteiger partial charge >= 0.3 is 6.18 Å². The number of amides is 1. The number of benzene rings is 1. The fourth-order valence-corrected chi connectivity index (χ4v) is 4.31. The maximum absolute atomic E-state index is 13.8. The number of sulfone groups is 1. The number of halogens is 4. The summed E-state index contributed by atoms with van der Waals surface area (Å²) >= 11 is 0. The Balaban J connectivity index is 1.88. The summed E-state index contributed by atoms with van der Waals surface area (Å²) in [7, 11) is -4.19. The molecular weight excluding hydrogens is 458 g/mol.